The number of carbonyl (C=O) groups excluding carboxylic acids is 1. The second kappa shape index (κ2) is 8.02. The number of H-pyrrole nitrogens is 1. The molecule has 0 aliphatic heterocycles. The molecule has 4 rings (SSSR count). The highest BCUT2D eigenvalue weighted by atomic mass is 16.5. The molecule has 4 aromatic rings. The minimum atomic E-state index is -0.769. The molecule has 0 radical (unpaired) electrons. The fourth-order valence-electron chi connectivity index (χ4n) is 3.29. The lowest BCUT2D eigenvalue weighted by atomic mass is 9.96. The maximum absolute atomic E-state index is 12.9. The van der Waals surface area contributed by atoms with E-state index in [1.165, 1.54) is 0 Å². The van der Waals surface area contributed by atoms with Crippen molar-refractivity contribution in [2.45, 2.75) is 13.0 Å². The van der Waals surface area contributed by atoms with Gasteiger partial charge in [-0.25, -0.2) is 9.78 Å². The molecule has 0 aliphatic carbocycles. The van der Waals surface area contributed by atoms with E-state index in [4.69, 9.17) is 4.74 Å². The van der Waals surface area contributed by atoms with E-state index in [1.54, 1.807) is 73.7 Å². The maximum atomic E-state index is 12.9. The van der Waals surface area contributed by atoms with Crippen LogP contribution in [-0.4, -0.2) is 15.9 Å². The van der Waals surface area contributed by atoms with Gasteiger partial charge in [0.25, 0.3) is 5.56 Å². The Morgan fingerprint density at radius 3 is 2.47 bits per heavy atom. The maximum Gasteiger partial charge on any atom is 0.339 e. The fraction of sp³-hybridized carbons (Fsp3) is 0.0833. The molecule has 1 N–H and O–H groups in total. The van der Waals surface area contributed by atoms with Crippen LogP contribution >= 0.6 is 0 Å². The summed E-state index contributed by atoms with van der Waals surface area (Å²) < 4.78 is 5.61. The van der Waals surface area contributed by atoms with E-state index in [0.29, 0.717) is 33.2 Å². The molecule has 0 saturated carbocycles. The highest BCUT2D eigenvalue weighted by Gasteiger charge is 2.20. The van der Waals surface area contributed by atoms with Crippen LogP contribution in [0.15, 0.2) is 77.6 Å². The number of benzene rings is 3. The summed E-state index contributed by atoms with van der Waals surface area (Å²) in [4.78, 5) is 32.3. The predicted octanol–water partition coefficient (Wildman–Crippen LogP) is 4.38. The number of nitrogens with zero attached hydrogens (tertiary/aromatic N) is 2. The van der Waals surface area contributed by atoms with Crippen molar-refractivity contribution < 1.29 is 9.53 Å². The van der Waals surface area contributed by atoms with Crippen molar-refractivity contribution in [3.8, 4) is 17.2 Å². The normalized spacial score (nSPS) is 11.6. The van der Waals surface area contributed by atoms with E-state index >= 15 is 0 Å². The smallest absolute Gasteiger partial charge is 0.339 e. The number of carbonyl (C=O) groups is 1. The van der Waals surface area contributed by atoms with Gasteiger partial charge in [0.1, 0.15) is 0 Å². The summed E-state index contributed by atoms with van der Waals surface area (Å²) in [7, 11) is 0. The number of esters is 1. The van der Waals surface area contributed by atoms with Crippen molar-refractivity contribution in [2.75, 3.05) is 0 Å². The van der Waals surface area contributed by atoms with Crippen molar-refractivity contribution in [3.05, 3.63) is 100 Å². The molecule has 0 bridgehead atoms. The summed E-state index contributed by atoms with van der Waals surface area (Å²) in [6.07, 6.45) is -0.769. The first kappa shape index (κ1) is 19.1. The zero-order valence-corrected chi connectivity index (χ0v) is 16.1. The highest BCUT2D eigenvalue weighted by molar-refractivity contribution is 5.98. The molecule has 0 amide bonds. The molecular weight excluding hydrogens is 378 g/mol. The summed E-state index contributed by atoms with van der Waals surface area (Å²) in [5.74, 6) is -0.302. The molecule has 6 heteroatoms. The third-order valence-electron chi connectivity index (χ3n) is 4.78. The number of hydrogen-bond donors (Lipinski definition) is 1. The minimum Gasteiger partial charge on any atom is -0.451 e. The average molecular weight is 395 g/mol. The molecule has 0 spiro atoms. The minimum absolute atomic E-state index is 0.266. The van der Waals surface area contributed by atoms with Gasteiger partial charge in [-0.15, -0.1) is 0 Å². The van der Waals surface area contributed by atoms with E-state index in [0.717, 1.165) is 0 Å². The molecule has 1 atom stereocenters. The van der Waals surface area contributed by atoms with Crippen LogP contribution in [0.2, 0.25) is 0 Å². The SMILES string of the molecule is C[C@@H](OC(=O)c1ccccc1-c1ccccc1C#N)c1nc2ccccc2c(=O)[nH]1. The predicted molar refractivity (Wildman–Crippen MR) is 113 cm³/mol. The zero-order chi connectivity index (χ0) is 21.1. The molecular formula is C24H17N3O3. The first-order valence-corrected chi connectivity index (χ1v) is 9.37. The lowest BCUT2D eigenvalue weighted by Crippen LogP contribution is -2.17. The number of para-hydroxylation sites is 1. The number of aromatic nitrogens is 2. The van der Waals surface area contributed by atoms with Gasteiger partial charge in [0.2, 0.25) is 0 Å². The van der Waals surface area contributed by atoms with Crippen LogP contribution < -0.4 is 5.56 Å². The van der Waals surface area contributed by atoms with Gasteiger partial charge in [0.15, 0.2) is 11.9 Å². The Morgan fingerprint density at radius 1 is 1.00 bits per heavy atom. The van der Waals surface area contributed by atoms with Gasteiger partial charge in [0, 0.05) is 5.56 Å². The van der Waals surface area contributed by atoms with Crippen molar-refractivity contribution in [2.24, 2.45) is 0 Å². The Kier molecular flexibility index (Phi) is 5.10. The number of nitrogens with one attached hydrogen (secondary N) is 1. The number of fused-ring (bicyclic) bond motifs is 1. The molecule has 3 aromatic carbocycles. The average Bonchev–Trinajstić information content (AvgIpc) is 2.79. The third-order valence-corrected chi connectivity index (χ3v) is 4.78. The topological polar surface area (TPSA) is 95.8 Å². The molecule has 30 heavy (non-hydrogen) atoms. The largest absolute Gasteiger partial charge is 0.451 e. The van der Waals surface area contributed by atoms with Gasteiger partial charge in [-0.2, -0.15) is 5.26 Å². The number of hydrogen-bond acceptors (Lipinski definition) is 5. The van der Waals surface area contributed by atoms with Crippen molar-refractivity contribution in [1.82, 2.24) is 9.97 Å². The molecule has 0 saturated heterocycles. The number of ether oxygens (including phenoxy) is 1. The zero-order valence-electron chi connectivity index (χ0n) is 16.1. The van der Waals surface area contributed by atoms with Crippen molar-refractivity contribution in [3.63, 3.8) is 0 Å². The molecule has 0 unspecified atom stereocenters. The molecule has 146 valence electrons. The van der Waals surface area contributed by atoms with E-state index < -0.39 is 12.1 Å². The van der Waals surface area contributed by atoms with E-state index in [2.05, 4.69) is 16.0 Å². The van der Waals surface area contributed by atoms with Gasteiger partial charge in [-0.3, -0.25) is 4.79 Å². The Labute approximate surface area is 172 Å². The van der Waals surface area contributed by atoms with Crippen LogP contribution in [0, 0.1) is 11.3 Å². The summed E-state index contributed by atoms with van der Waals surface area (Å²) in [5, 5.41) is 9.88. The number of aromatic amines is 1. The Morgan fingerprint density at radius 2 is 1.67 bits per heavy atom. The van der Waals surface area contributed by atoms with Crippen LogP contribution in [0.3, 0.4) is 0 Å². The Balaban J connectivity index is 1.67. The van der Waals surface area contributed by atoms with Crippen molar-refractivity contribution >= 4 is 16.9 Å². The second-order valence-corrected chi connectivity index (χ2v) is 6.72. The number of nitriles is 1. The summed E-state index contributed by atoms with van der Waals surface area (Å²) in [6, 6.07) is 23.1. The van der Waals surface area contributed by atoms with Crippen LogP contribution in [0.25, 0.3) is 22.0 Å². The summed E-state index contributed by atoms with van der Waals surface area (Å²) in [6.45, 7) is 1.65. The van der Waals surface area contributed by atoms with Crippen LogP contribution in [0.4, 0.5) is 0 Å². The first-order chi connectivity index (χ1) is 14.6. The van der Waals surface area contributed by atoms with Gasteiger partial charge >= 0.3 is 5.97 Å². The molecule has 0 fully saturated rings. The van der Waals surface area contributed by atoms with E-state index in [1.807, 2.05) is 6.07 Å². The first-order valence-electron chi connectivity index (χ1n) is 9.37. The van der Waals surface area contributed by atoms with Crippen molar-refractivity contribution in [1.29, 1.82) is 5.26 Å². The fourth-order valence-corrected chi connectivity index (χ4v) is 3.29. The lowest BCUT2D eigenvalue weighted by Gasteiger charge is -2.15. The lowest BCUT2D eigenvalue weighted by molar-refractivity contribution is 0.0321. The molecule has 6 nitrogen and oxygen atoms in total. The van der Waals surface area contributed by atoms with Crippen LogP contribution in [-0.2, 0) is 4.74 Å². The van der Waals surface area contributed by atoms with Crippen LogP contribution in [0.1, 0.15) is 34.8 Å². The van der Waals surface area contributed by atoms with Crippen LogP contribution in [0.5, 0.6) is 0 Å². The van der Waals surface area contributed by atoms with Gasteiger partial charge in [0.05, 0.1) is 28.1 Å². The van der Waals surface area contributed by atoms with Gasteiger partial charge in [-0.1, -0.05) is 48.5 Å². The number of rotatable bonds is 4. The monoisotopic (exact) mass is 395 g/mol. The Bertz CT molecular complexity index is 1350. The quantitative estimate of drug-likeness (QED) is 0.517. The van der Waals surface area contributed by atoms with E-state index in [9.17, 15) is 14.9 Å². The summed E-state index contributed by atoms with van der Waals surface area (Å²) in [5.41, 5.74) is 2.29. The molecule has 0 aliphatic rings. The highest BCUT2D eigenvalue weighted by Crippen LogP contribution is 2.28. The van der Waals surface area contributed by atoms with E-state index in [-0.39, 0.29) is 11.4 Å². The Hall–Kier alpha value is -4.24. The molecule has 1 heterocycles. The standard InChI is InChI=1S/C24H17N3O3/c1-15(22-26-21-13-7-6-12-20(21)23(28)27-22)30-24(29)19-11-5-4-10-18(19)17-9-3-2-8-16(17)14-25/h2-13,15H,1H3,(H,26,27,28)/t15-/m1/s1. The second-order valence-electron chi connectivity index (χ2n) is 6.72. The van der Waals surface area contributed by atoms with Gasteiger partial charge < -0.3 is 9.72 Å². The van der Waals surface area contributed by atoms with Gasteiger partial charge in [-0.05, 0) is 36.8 Å². The third kappa shape index (κ3) is 3.56. The summed E-state index contributed by atoms with van der Waals surface area (Å²) >= 11 is 0. The molecule has 1 aromatic heterocycles.